The van der Waals surface area contributed by atoms with E-state index in [2.05, 4.69) is 49.6 Å². The van der Waals surface area contributed by atoms with Crippen molar-refractivity contribution >= 4 is 28.1 Å². The highest BCUT2D eigenvalue weighted by atomic mass is 32.1. The van der Waals surface area contributed by atoms with Gasteiger partial charge in [-0.15, -0.1) is 11.3 Å². The van der Waals surface area contributed by atoms with Crippen molar-refractivity contribution < 1.29 is 4.79 Å². The normalized spacial score (nSPS) is 27.5. The van der Waals surface area contributed by atoms with E-state index in [1.54, 1.807) is 11.3 Å². The van der Waals surface area contributed by atoms with Crippen molar-refractivity contribution in [3.8, 4) is 10.4 Å². The van der Waals surface area contributed by atoms with Crippen LogP contribution in [0.15, 0.2) is 35.7 Å². The van der Waals surface area contributed by atoms with Gasteiger partial charge in [-0.05, 0) is 48.4 Å². The van der Waals surface area contributed by atoms with Crippen LogP contribution in [0.5, 0.6) is 0 Å². The lowest BCUT2D eigenvalue weighted by Gasteiger charge is -2.68. The van der Waals surface area contributed by atoms with Gasteiger partial charge in [0.1, 0.15) is 0 Å². The maximum Gasteiger partial charge on any atom is 0.275 e. The number of carbonyl (C=O) groups excluding carboxylic acids is 1. The van der Waals surface area contributed by atoms with E-state index in [1.807, 2.05) is 6.07 Å². The second-order valence-corrected chi connectivity index (χ2v) is 8.65. The molecule has 132 valence electrons. The fourth-order valence-corrected chi connectivity index (χ4v) is 5.87. The van der Waals surface area contributed by atoms with Crippen LogP contribution in [0.4, 0.5) is 0 Å². The van der Waals surface area contributed by atoms with Crippen LogP contribution >= 0.6 is 11.3 Å². The second-order valence-electron chi connectivity index (χ2n) is 7.70. The number of H-pyrrole nitrogens is 1. The number of aromatic nitrogens is 2. The Kier molecular flexibility index (Phi) is 2.97. The Hall–Kier alpha value is -2.18. The number of thiophene rings is 1. The van der Waals surface area contributed by atoms with E-state index in [9.17, 15) is 4.79 Å². The molecule has 3 aliphatic rings. The van der Waals surface area contributed by atoms with E-state index >= 15 is 0 Å². The van der Waals surface area contributed by atoms with Crippen LogP contribution < -0.4 is 0 Å². The number of piperazine rings is 1. The number of amides is 1. The lowest BCUT2D eigenvalue weighted by Crippen LogP contribution is -2.79. The number of benzene rings is 1. The largest absolute Gasteiger partial charge is 0.331 e. The first kappa shape index (κ1) is 14.9. The molecule has 2 aliphatic heterocycles. The third-order valence-electron chi connectivity index (χ3n) is 6.73. The SMILES string of the molecule is O=C(c1n[nH]c2cc(-c3cccs3)ccc12)N1CCN2CCC23CCC13. The van der Waals surface area contributed by atoms with Gasteiger partial charge in [0.15, 0.2) is 5.69 Å². The van der Waals surface area contributed by atoms with Crippen molar-refractivity contribution in [1.29, 1.82) is 0 Å². The van der Waals surface area contributed by atoms with Crippen LogP contribution in [-0.4, -0.2) is 57.1 Å². The van der Waals surface area contributed by atoms with Crippen LogP contribution in [0.25, 0.3) is 21.3 Å². The number of nitrogens with one attached hydrogen (secondary N) is 1. The molecule has 2 saturated heterocycles. The summed E-state index contributed by atoms with van der Waals surface area (Å²) in [6, 6.07) is 10.8. The number of aromatic amines is 1. The summed E-state index contributed by atoms with van der Waals surface area (Å²) >= 11 is 1.72. The highest BCUT2D eigenvalue weighted by molar-refractivity contribution is 7.13. The summed E-state index contributed by atoms with van der Waals surface area (Å²) in [5.74, 6) is 0.0933. The van der Waals surface area contributed by atoms with Crippen LogP contribution in [0, 0.1) is 0 Å². The lowest BCUT2D eigenvalue weighted by molar-refractivity contribution is -0.161. The van der Waals surface area contributed by atoms with Gasteiger partial charge < -0.3 is 4.90 Å². The molecule has 2 atom stereocenters. The highest BCUT2D eigenvalue weighted by Gasteiger charge is 2.61. The summed E-state index contributed by atoms with van der Waals surface area (Å²) in [6.07, 6.45) is 3.62. The standard InChI is InChI=1S/C20H20N4OS/c25-19(24-10-9-23-8-7-20(23)6-5-17(20)24)18-14-4-3-13(12-15(14)21-22-18)16-2-1-11-26-16/h1-4,11-12,17H,5-10H2,(H,21,22). The zero-order chi connectivity index (χ0) is 17.3. The molecule has 6 heteroatoms. The zero-order valence-electron chi connectivity index (χ0n) is 14.4. The maximum atomic E-state index is 13.3. The van der Waals surface area contributed by atoms with Crippen LogP contribution in [0.1, 0.15) is 29.8 Å². The number of hydrogen-bond acceptors (Lipinski definition) is 4. The summed E-state index contributed by atoms with van der Waals surface area (Å²) in [5, 5.41) is 10.5. The first-order valence-electron chi connectivity index (χ1n) is 9.34. The molecule has 0 bridgehead atoms. The van der Waals surface area contributed by atoms with E-state index in [1.165, 1.54) is 24.3 Å². The minimum absolute atomic E-state index is 0.0933. The van der Waals surface area contributed by atoms with E-state index in [-0.39, 0.29) is 5.91 Å². The first-order chi connectivity index (χ1) is 12.8. The topological polar surface area (TPSA) is 52.2 Å². The molecule has 3 fully saturated rings. The average molecular weight is 364 g/mol. The monoisotopic (exact) mass is 364 g/mol. The molecule has 6 rings (SSSR count). The van der Waals surface area contributed by atoms with Crippen molar-refractivity contribution in [2.75, 3.05) is 19.6 Å². The van der Waals surface area contributed by atoms with Gasteiger partial charge in [0.2, 0.25) is 0 Å². The summed E-state index contributed by atoms with van der Waals surface area (Å²) in [6.45, 7) is 3.04. The van der Waals surface area contributed by atoms with Crippen molar-refractivity contribution in [2.45, 2.75) is 30.8 Å². The molecule has 4 heterocycles. The Morgan fingerprint density at radius 1 is 1.23 bits per heavy atom. The average Bonchev–Trinajstić information content (AvgIpc) is 3.26. The Balaban J connectivity index is 1.35. The van der Waals surface area contributed by atoms with Gasteiger partial charge >= 0.3 is 0 Å². The Morgan fingerprint density at radius 2 is 2.19 bits per heavy atom. The number of carbonyl (C=O) groups is 1. The summed E-state index contributed by atoms with van der Waals surface area (Å²) in [7, 11) is 0. The third-order valence-corrected chi connectivity index (χ3v) is 7.65. The molecule has 0 radical (unpaired) electrons. The molecular weight excluding hydrogens is 344 g/mol. The number of nitrogens with zero attached hydrogens (tertiary/aromatic N) is 3. The maximum absolute atomic E-state index is 13.3. The molecule has 3 aromatic rings. The smallest absolute Gasteiger partial charge is 0.275 e. The molecule has 2 unspecified atom stereocenters. The van der Waals surface area contributed by atoms with Gasteiger partial charge in [-0.2, -0.15) is 5.10 Å². The van der Waals surface area contributed by atoms with E-state index in [4.69, 9.17) is 0 Å². The Bertz CT molecular complexity index is 1010. The zero-order valence-corrected chi connectivity index (χ0v) is 15.3. The van der Waals surface area contributed by atoms with Crippen LogP contribution in [0.3, 0.4) is 0 Å². The van der Waals surface area contributed by atoms with Gasteiger partial charge in [0.05, 0.1) is 11.6 Å². The lowest BCUT2D eigenvalue weighted by atomic mass is 9.61. The minimum atomic E-state index is 0.0933. The van der Waals surface area contributed by atoms with Crippen LogP contribution in [-0.2, 0) is 0 Å². The molecule has 1 amide bonds. The van der Waals surface area contributed by atoms with Crippen LogP contribution in [0.2, 0.25) is 0 Å². The van der Waals surface area contributed by atoms with Gasteiger partial charge in [0.25, 0.3) is 5.91 Å². The fourth-order valence-electron chi connectivity index (χ4n) is 5.15. The predicted octanol–water partition coefficient (Wildman–Crippen LogP) is 3.35. The van der Waals surface area contributed by atoms with E-state index in [0.29, 0.717) is 17.3 Å². The van der Waals surface area contributed by atoms with Crippen molar-refractivity contribution in [3.63, 3.8) is 0 Å². The molecule has 2 aromatic heterocycles. The fraction of sp³-hybridized carbons (Fsp3) is 0.400. The van der Waals surface area contributed by atoms with Crippen molar-refractivity contribution in [3.05, 3.63) is 41.4 Å². The van der Waals surface area contributed by atoms with Gasteiger partial charge in [-0.3, -0.25) is 14.8 Å². The number of hydrogen-bond donors (Lipinski definition) is 1. The molecule has 1 saturated carbocycles. The molecule has 26 heavy (non-hydrogen) atoms. The predicted molar refractivity (Wildman–Crippen MR) is 102 cm³/mol. The Labute approximate surface area is 155 Å². The molecular formula is C20H20N4OS. The third kappa shape index (κ3) is 1.83. The number of fused-ring (bicyclic) bond motifs is 1. The van der Waals surface area contributed by atoms with Crippen molar-refractivity contribution in [1.82, 2.24) is 20.0 Å². The molecule has 5 nitrogen and oxygen atoms in total. The number of rotatable bonds is 2. The molecule has 1 N–H and O–H groups in total. The minimum Gasteiger partial charge on any atom is -0.331 e. The van der Waals surface area contributed by atoms with E-state index < -0.39 is 0 Å². The summed E-state index contributed by atoms with van der Waals surface area (Å²) < 4.78 is 0. The van der Waals surface area contributed by atoms with Gasteiger partial charge in [0, 0.05) is 35.4 Å². The quantitative estimate of drug-likeness (QED) is 0.759. The molecule has 1 aliphatic carbocycles. The summed E-state index contributed by atoms with van der Waals surface area (Å²) in [5.41, 5.74) is 2.97. The van der Waals surface area contributed by atoms with Crippen molar-refractivity contribution in [2.24, 2.45) is 0 Å². The molecule has 1 spiro atoms. The Morgan fingerprint density at radius 3 is 2.92 bits per heavy atom. The van der Waals surface area contributed by atoms with Gasteiger partial charge in [-0.1, -0.05) is 12.1 Å². The second kappa shape index (κ2) is 5.18. The van der Waals surface area contributed by atoms with Gasteiger partial charge in [-0.25, -0.2) is 0 Å². The molecule has 1 aromatic carbocycles. The summed E-state index contributed by atoms with van der Waals surface area (Å²) in [4.78, 5) is 19.2. The highest BCUT2D eigenvalue weighted by Crippen LogP contribution is 2.51. The first-order valence-corrected chi connectivity index (χ1v) is 10.2. The van der Waals surface area contributed by atoms with E-state index in [0.717, 1.165) is 36.0 Å².